The van der Waals surface area contributed by atoms with Gasteiger partial charge in [0.15, 0.2) is 0 Å². The van der Waals surface area contributed by atoms with Crippen LogP contribution in [0.15, 0.2) is 42.5 Å². The van der Waals surface area contributed by atoms with Crippen molar-refractivity contribution < 1.29 is 18.7 Å². The van der Waals surface area contributed by atoms with Crippen molar-refractivity contribution in [2.45, 2.75) is 25.8 Å². The fourth-order valence-electron chi connectivity index (χ4n) is 3.01. The molecule has 0 saturated carbocycles. The Morgan fingerprint density at radius 3 is 2.70 bits per heavy atom. The van der Waals surface area contributed by atoms with Crippen molar-refractivity contribution in [3.05, 3.63) is 48.3 Å². The second kappa shape index (κ2) is 8.07. The van der Waals surface area contributed by atoms with Gasteiger partial charge in [0.1, 0.15) is 17.6 Å². The Kier molecular flexibility index (Phi) is 5.59. The summed E-state index contributed by atoms with van der Waals surface area (Å²) < 4.78 is 19.1. The monoisotopic (exact) mass is 371 g/mol. The summed E-state index contributed by atoms with van der Waals surface area (Å²) in [6.07, 6.45) is 1.32. The lowest BCUT2D eigenvalue weighted by Crippen LogP contribution is -2.32. The molecule has 27 heavy (non-hydrogen) atoms. The molecule has 1 aliphatic heterocycles. The Morgan fingerprint density at radius 2 is 2.04 bits per heavy atom. The van der Waals surface area contributed by atoms with Crippen LogP contribution in [0.4, 0.5) is 21.5 Å². The van der Waals surface area contributed by atoms with E-state index in [9.17, 15) is 14.0 Å². The zero-order chi connectivity index (χ0) is 19.4. The van der Waals surface area contributed by atoms with Crippen LogP contribution < -0.4 is 20.3 Å². The van der Waals surface area contributed by atoms with Crippen molar-refractivity contribution >= 4 is 28.9 Å². The van der Waals surface area contributed by atoms with E-state index >= 15 is 0 Å². The first-order valence-corrected chi connectivity index (χ1v) is 8.80. The van der Waals surface area contributed by atoms with Crippen molar-refractivity contribution in [3.8, 4) is 5.75 Å². The van der Waals surface area contributed by atoms with Gasteiger partial charge in [0.25, 0.3) is 0 Å². The molecule has 2 amide bonds. The number of anilines is 3. The topological polar surface area (TPSA) is 70.7 Å². The lowest BCUT2D eigenvalue weighted by Gasteiger charge is -2.21. The smallest absolute Gasteiger partial charge is 0.246 e. The number of hydrogen-bond donors (Lipinski definition) is 2. The summed E-state index contributed by atoms with van der Waals surface area (Å²) >= 11 is 0. The van der Waals surface area contributed by atoms with E-state index in [0.29, 0.717) is 30.1 Å². The molecule has 0 aliphatic carbocycles. The second-order valence-corrected chi connectivity index (χ2v) is 6.37. The van der Waals surface area contributed by atoms with Crippen molar-refractivity contribution in [1.29, 1.82) is 0 Å². The van der Waals surface area contributed by atoms with Gasteiger partial charge in [-0.05, 0) is 43.7 Å². The van der Waals surface area contributed by atoms with Gasteiger partial charge in [0, 0.05) is 18.7 Å². The Hall–Kier alpha value is -3.09. The molecule has 3 rings (SSSR count). The largest absolute Gasteiger partial charge is 0.495 e. The number of nitrogens with one attached hydrogen (secondary N) is 2. The first kappa shape index (κ1) is 18.7. The molecular formula is C20H22FN3O3. The van der Waals surface area contributed by atoms with Crippen LogP contribution in [0.2, 0.25) is 0 Å². The van der Waals surface area contributed by atoms with Crippen LogP contribution in [0.25, 0.3) is 0 Å². The van der Waals surface area contributed by atoms with Crippen LogP contribution in [0.3, 0.4) is 0 Å². The van der Waals surface area contributed by atoms with Crippen LogP contribution in [0.5, 0.6) is 5.75 Å². The molecule has 1 saturated heterocycles. The number of rotatable bonds is 6. The van der Waals surface area contributed by atoms with Crippen molar-refractivity contribution in [2.24, 2.45) is 0 Å². The number of amides is 2. The fraction of sp³-hybridized carbons (Fsp3) is 0.300. The molecule has 0 aromatic heterocycles. The van der Waals surface area contributed by atoms with Gasteiger partial charge in [-0.3, -0.25) is 9.59 Å². The Bertz CT molecular complexity index is 856. The highest BCUT2D eigenvalue weighted by Gasteiger charge is 2.25. The number of para-hydroxylation sites is 1. The fourth-order valence-corrected chi connectivity index (χ4v) is 3.01. The molecule has 1 aliphatic rings. The molecule has 1 heterocycles. The lowest BCUT2D eigenvalue weighted by molar-refractivity contribution is -0.117. The highest BCUT2D eigenvalue weighted by molar-refractivity contribution is 5.98. The van der Waals surface area contributed by atoms with Gasteiger partial charge >= 0.3 is 0 Å². The number of methoxy groups -OCH3 is 1. The summed E-state index contributed by atoms with van der Waals surface area (Å²) in [7, 11) is 1.55. The van der Waals surface area contributed by atoms with Crippen molar-refractivity contribution in [3.63, 3.8) is 0 Å². The molecule has 6 nitrogen and oxygen atoms in total. The van der Waals surface area contributed by atoms with Crippen LogP contribution in [0.1, 0.15) is 19.8 Å². The molecule has 0 spiro atoms. The SMILES string of the molecule is COc1ccc(NC(C)C(=O)Nc2ccccc2F)cc1N1CCCC1=O. The molecule has 2 aromatic rings. The van der Waals surface area contributed by atoms with Crippen LogP contribution >= 0.6 is 0 Å². The second-order valence-electron chi connectivity index (χ2n) is 6.37. The third-order valence-corrected chi connectivity index (χ3v) is 4.45. The summed E-state index contributed by atoms with van der Waals surface area (Å²) in [5, 5.41) is 5.65. The third-order valence-electron chi connectivity index (χ3n) is 4.45. The molecule has 1 fully saturated rings. The summed E-state index contributed by atoms with van der Waals surface area (Å²) in [6, 6.07) is 10.7. The molecule has 7 heteroatoms. The number of carbonyl (C=O) groups is 2. The van der Waals surface area contributed by atoms with Gasteiger partial charge in [-0.1, -0.05) is 12.1 Å². The molecule has 1 unspecified atom stereocenters. The first-order chi connectivity index (χ1) is 13.0. The normalized spacial score (nSPS) is 14.8. The zero-order valence-corrected chi connectivity index (χ0v) is 15.3. The number of nitrogens with zero attached hydrogens (tertiary/aromatic N) is 1. The highest BCUT2D eigenvalue weighted by Crippen LogP contribution is 2.34. The standard InChI is InChI=1S/C20H22FN3O3/c1-13(20(26)23-16-7-4-3-6-15(16)21)22-14-9-10-18(27-2)17(12-14)24-11-5-8-19(24)25/h3-4,6-7,9-10,12-13,22H,5,8,11H2,1-2H3,(H,23,26). The molecule has 142 valence electrons. The summed E-state index contributed by atoms with van der Waals surface area (Å²) in [5.41, 5.74) is 1.47. The number of ether oxygens (including phenoxy) is 1. The van der Waals surface area contributed by atoms with E-state index in [1.165, 1.54) is 12.1 Å². The maximum atomic E-state index is 13.7. The highest BCUT2D eigenvalue weighted by atomic mass is 19.1. The number of benzene rings is 2. The maximum absolute atomic E-state index is 13.7. The van der Waals surface area contributed by atoms with E-state index in [4.69, 9.17) is 4.74 Å². The van der Waals surface area contributed by atoms with Gasteiger partial charge in [-0.25, -0.2) is 4.39 Å². The molecule has 2 aromatic carbocycles. The van der Waals surface area contributed by atoms with E-state index in [-0.39, 0.29) is 17.5 Å². The number of halogens is 1. The summed E-state index contributed by atoms with van der Waals surface area (Å²) in [6.45, 7) is 2.32. The minimum atomic E-state index is -0.611. The third kappa shape index (κ3) is 4.19. The first-order valence-electron chi connectivity index (χ1n) is 8.80. The van der Waals surface area contributed by atoms with Gasteiger partial charge in [-0.15, -0.1) is 0 Å². The molecule has 1 atom stereocenters. The average molecular weight is 371 g/mol. The van der Waals surface area contributed by atoms with Gasteiger partial charge in [0.05, 0.1) is 18.5 Å². The summed E-state index contributed by atoms with van der Waals surface area (Å²) in [5.74, 6) is -0.206. The van der Waals surface area contributed by atoms with E-state index in [1.807, 2.05) is 0 Å². The van der Waals surface area contributed by atoms with Gasteiger partial charge in [0.2, 0.25) is 11.8 Å². The van der Waals surface area contributed by atoms with E-state index in [2.05, 4.69) is 10.6 Å². The predicted molar refractivity (Wildman–Crippen MR) is 103 cm³/mol. The average Bonchev–Trinajstić information content (AvgIpc) is 3.09. The molecule has 2 N–H and O–H groups in total. The van der Waals surface area contributed by atoms with E-state index in [0.717, 1.165) is 6.42 Å². The Labute approximate surface area is 157 Å². The quantitative estimate of drug-likeness (QED) is 0.817. The van der Waals surface area contributed by atoms with Crippen LogP contribution in [-0.4, -0.2) is 31.5 Å². The minimum Gasteiger partial charge on any atom is -0.495 e. The maximum Gasteiger partial charge on any atom is 0.246 e. The Balaban J connectivity index is 1.74. The minimum absolute atomic E-state index is 0.0517. The molecular weight excluding hydrogens is 349 g/mol. The number of carbonyl (C=O) groups excluding carboxylic acids is 2. The van der Waals surface area contributed by atoms with Gasteiger partial charge < -0.3 is 20.3 Å². The Morgan fingerprint density at radius 1 is 1.26 bits per heavy atom. The number of hydrogen-bond acceptors (Lipinski definition) is 4. The van der Waals surface area contributed by atoms with Crippen molar-refractivity contribution in [1.82, 2.24) is 0 Å². The van der Waals surface area contributed by atoms with Gasteiger partial charge in [-0.2, -0.15) is 0 Å². The van der Waals surface area contributed by atoms with Crippen LogP contribution in [0, 0.1) is 5.82 Å². The summed E-state index contributed by atoms with van der Waals surface area (Å²) in [4.78, 5) is 26.1. The molecule has 0 radical (unpaired) electrons. The van der Waals surface area contributed by atoms with E-state index in [1.54, 1.807) is 49.3 Å². The van der Waals surface area contributed by atoms with Crippen molar-refractivity contribution in [2.75, 3.05) is 29.2 Å². The van der Waals surface area contributed by atoms with E-state index < -0.39 is 11.9 Å². The lowest BCUT2D eigenvalue weighted by atomic mass is 10.2. The molecule has 0 bridgehead atoms. The predicted octanol–water partition coefficient (Wildman–Crippen LogP) is 3.40. The van der Waals surface area contributed by atoms with Crippen LogP contribution in [-0.2, 0) is 9.59 Å². The zero-order valence-electron chi connectivity index (χ0n) is 15.3.